The van der Waals surface area contributed by atoms with Gasteiger partial charge in [-0.25, -0.2) is 0 Å². The highest BCUT2D eigenvalue weighted by Gasteiger charge is 2.18. The number of benzene rings is 1. The number of aromatic nitrogens is 3. The van der Waals surface area contributed by atoms with Crippen LogP contribution in [0.15, 0.2) is 28.8 Å². The van der Waals surface area contributed by atoms with Gasteiger partial charge in [0.25, 0.3) is 5.89 Å². The van der Waals surface area contributed by atoms with Crippen molar-refractivity contribution >= 4 is 0 Å². The molecule has 3 rings (SSSR count). The van der Waals surface area contributed by atoms with Crippen molar-refractivity contribution in [2.75, 3.05) is 13.2 Å². The van der Waals surface area contributed by atoms with E-state index in [1.54, 1.807) is 0 Å². The van der Waals surface area contributed by atoms with Crippen LogP contribution in [0, 0.1) is 13.8 Å². The standard InChI is InChI=1S/C25H33N3O4/c1-6-17(7-2)22-12-20(10-16(5)26-22)25-27-24(28-32-25)19-9-15(4)23(18(8-3)11-19)31-14-21(30)13-29/h9-12,17,21,29-30H,6-8,13-14H2,1-5H3/t21-/m0/s1. The fraction of sp³-hybridized carbons (Fsp3) is 0.480. The summed E-state index contributed by atoms with van der Waals surface area (Å²) < 4.78 is 11.4. The van der Waals surface area contributed by atoms with E-state index < -0.39 is 6.10 Å². The quantitative estimate of drug-likeness (QED) is 0.475. The molecule has 32 heavy (non-hydrogen) atoms. The third-order valence-electron chi connectivity index (χ3n) is 5.67. The second kappa shape index (κ2) is 10.7. The molecule has 172 valence electrons. The van der Waals surface area contributed by atoms with E-state index in [0.717, 1.165) is 52.9 Å². The average molecular weight is 440 g/mol. The number of aliphatic hydroxyl groups is 2. The van der Waals surface area contributed by atoms with Gasteiger partial charge in [-0.1, -0.05) is 25.9 Å². The van der Waals surface area contributed by atoms with Crippen molar-refractivity contribution in [3.8, 4) is 28.6 Å². The van der Waals surface area contributed by atoms with Gasteiger partial charge < -0.3 is 19.5 Å². The summed E-state index contributed by atoms with van der Waals surface area (Å²) in [6.45, 7) is 10.0. The van der Waals surface area contributed by atoms with Crippen molar-refractivity contribution in [3.05, 3.63) is 46.8 Å². The Bertz CT molecular complexity index is 1040. The molecule has 2 heterocycles. The fourth-order valence-corrected chi connectivity index (χ4v) is 3.87. The molecule has 2 aromatic heterocycles. The molecule has 7 heteroatoms. The summed E-state index contributed by atoms with van der Waals surface area (Å²) in [6.07, 6.45) is 1.90. The normalized spacial score (nSPS) is 12.4. The van der Waals surface area contributed by atoms with Crippen LogP contribution in [0.1, 0.15) is 62.0 Å². The Hall–Kier alpha value is -2.77. The second-order valence-electron chi connectivity index (χ2n) is 8.14. The molecule has 0 radical (unpaired) electrons. The summed E-state index contributed by atoms with van der Waals surface area (Å²) in [5.41, 5.74) is 5.60. The van der Waals surface area contributed by atoms with Gasteiger partial charge in [-0.05, 0) is 68.5 Å². The molecule has 0 aliphatic carbocycles. The molecule has 1 aromatic carbocycles. The zero-order chi connectivity index (χ0) is 23.3. The summed E-state index contributed by atoms with van der Waals surface area (Å²) in [5.74, 6) is 2.10. The van der Waals surface area contributed by atoms with Gasteiger partial charge in [-0.2, -0.15) is 4.98 Å². The Morgan fingerprint density at radius 2 is 1.75 bits per heavy atom. The van der Waals surface area contributed by atoms with Crippen molar-refractivity contribution in [1.29, 1.82) is 0 Å². The highest BCUT2D eigenvalue weighted by Crippen LogP contribution is 2.32. The first kappa shape index (κ1) is 23.9. The molecule has 3 aromatic rings. The number of aryl methyl sites for hydroxylation is 3. The minimum absolute atomic E-state index is 0.0380. The third-order valence-corrected chi connectivity index (χ3v) is 5.67. The zero-order valence-electron chi connectivity index (χ0n) is 19.6. The molecular formula is C25H33N3O4. The molecule has 0 bridgehead atoms. The second-order valence-corrected chi connectivity index (χ2v) is 8.14. The van der Waals surface area contributed by atoms with Crippen molar-refractivity contribution < 1.29 is 19.5 Å². The van der Waals surface area contributed by atoms with E-state index >= 15 is 0 Å². The minimum Gasteiger partial charge on any atom is -0.490 e. The topological polar surface area (TPSA) is 102 Å². The van der Waals surface area contributed by atoms with Crippen LogP contribution in [0.2, 0.25) is 0 Å². The molecule has 0 spiro atoms. The number of pyridine rings is 1. The van der Waals surface area contributed by atoms with Crippen LogP contribution in [0.5, 0.6) is 5.75 Å². The van der Waals surface area contributed by atoms with Crippen molar-refractivity contribution in [2.45, 2.75) is 65.9 Å². The summed E-state index contributed by atoms with van der Waals surface area (Å²) in [6, 6.07) is 7.95. The molecule has 2 N–H and O–H groups in total. The lowest BCUT2D eigenvalue weighted by molar-refractivity contribution is 0.0531. The Labute approximate surface area is 189 Å². The molecule has 0 unspecified atom stereocenters. The van der Waals surface area contributed by atoms with Crippen LogP contribution in [-0.2, 0) is 6.42 Å². The van der Waals surface area contributed by atoms with Gasteiger partial charge in [-0.15, -0.1) is 0 Å². The number of hydrogen-bond acceptors (Lipinski definition) is 7. The first-order valence-electron chi connectivity index (χ1n) is 11.3. The lowest BCUT2D eigenvalue weighted by atomic mass is 9.97. The lowest BCUT2D eigenvalue weighted by Gasteiger charge is -2.16. The van der Waals surface area contributed by atoms with Crippen LogP contribution in [0.4, 0.5) is 0 Å². The molecule has 0 saturated heterocycles. The summed E-state index contributed by atoms with van der Waals surface area (Å²) >= 11 is 0. The van der Waals surface area contributed by atoms with Gasteiger partial charge in [-0.3, -0.25) is 4.98 Å². The van der Waals surface area contributed by atoms with Gasteiger partial charge in [0.05, 0.1) is 6.61 Å². The van der Waals surface area contributed by atoms with Crippen LogP contribution in [0.25, 0.3) is 22.8 Å². The highest BCUT2D eigenvalue weighted by atomic mass is 16.5. The van der Waals surface area contributed by atoms with Crippen molar-refractivity contribution in [1.82, 2.24) is 15.1 Å². The van der Waals surface area contributed by atoms with E-state index in [2.05, 4.69) is 24.0 Å². The van der Waals surface area contributed by atoms with Gasteiger partial charge in [0, 0.05) is 28.4 Å². The van der Waals surface area contributed by atoms with E-state index in [4.69, 9.17) is 19.4 Å². The third kappa shape index (κ3) is 5.34. The van der Waals surface area contributed by atoms with Gasteiger partial charge >= 0.3 is 0 Å². The molecule has 0 aliphatic rings. The number of hydrogen-bond donors (Lipinski definition) is 2. The number of nitrogens with zero attached hydrogens (tertiary/aromatic N) is 3. The first-order chi connectivity index (χ1) is 15.4. The number of ether oxygens (including phenoxy) is 1. The van der Waals surface area contributed by atoms with Crippen LogP contribution in [0.3, 0.4) is 0 Å². The monoisotopic (exact) mass is 439 g/mol. The van der Waals surface area contributed by atoms with Gasteiger partial charge in [0.2, 0.25) is 5.82 Å². The van der Waals surface area contributed by atoms with Crippen LogP contribution >= 0.6 is 0 Å². The molecular weight excluding hydrogens is 406 g/mol. The lowest BCUT2D eigenvalue weighted by Crippen LogP contribution is -2.22. The molecule has 0 fully saturated rings. The average Bonchev–Trinajstić information content (AvgIpc) is 3.28. The zero-order valence-corrected chi connectivity index (χ0v) is 19.6. The SMILES string of the molecule is CCc1cc(-c2noc(-c3cc(C)nc(C(CC)CC)c3)n2)cc(C)c1OC[C@@H](O)CO. The van der Waals surface area contributed by atoms with Gasteiger partial charge in [0.15, 0.2) is 0 Å². The van der Waals surface area contributed by atoms with E-state index in [-0.39, 0.29) is 13.2 Å². The van der Waals surface area contributed by atoms with E-state index in [0.29, 0.717) is 23.4 Å². The summed E-state index contributed by atoms with van der Waals surface area (Å²) in [5, 5.41) is 22.9. The summed E-state index contributed by atoms with van der Waals surface area (Å²) in [7, 11) is 0. The van der Waals surface area contributed by atoms with Crippen molar-refractivity contribution in [2.24, 2.45) is 0 Å². The predicted octanol–water partition coefficient (Wildman–Crippen LogP) is 4.61. The number of rotatable bonds is 10. The van der Waals surface area contributed by atoms with E-state index in [1.807, 2.05) is 45.0 Å². The Morgan fingerprint density at radius 3 is 2.41 bits per heavy atom. The maximum atomic E-state index is 9.61. The van der Waals surface area contributed by atoms with Crippen LogP contribution < -0.4 is 4.74 Å². The van der Waals surface area contributed by atoms with E-state index in [9.17, 15) is 5.11 Å². The number of aliphatic hydroxyl groups excluding tert-OH is 2. The molecule has 0 amide bonds. The molecule has 0 aliphatic heterocycles. The molecule has 7 nitrogen and oxygen atoms in total. The Balaban J connectivity index is 1.92. The molecule has 0 saturated carbocycles. The first-order valence-corrected chi connectivity index (χ1v) is 11.3. The van der Waals surface area contributed by atoms with Crippen LogP contribution in [-0.4, -0.2) is 44.7 Å². The molecule has 1 atom stereocenters. The predicted molar refractivity (Wildman–Crippen MR) is 124 cm³/mol. The highest BCUT2D eigenvalue weighted by molar-refractivity contribution is 5.64. The maximum Gasteiger partial charge on any atom is 0.258 e. The minimum atomic E-state index is -0.910. The largest absolute Gasteiger partial charge is 0.490 e. The maximum absolute atomic E-state index is 9.61. The van der Waals surface area contributed by atoms with Crippen molar-refractivity contribution in [3.63, 3.8) is 0 Å². The fourth-order valence-electron chi connectivity index (χ4n) is 3.87. The van der Waals surface area contributed by atoms with E-state index in [1.165, 1.54) is 0 Å². The van der Waals surface area contributed by atoms with Gasteiger partial charge in [0.1, 0.15) is 18.5 Å². The summed E-state index contributed by atoms with van der Waals surface area (Å²) in [4.78, 5) is 9.37. The Morgan fingerprint density at radius 1 is 1.00 bits per heavy atom. The smallest absolute Gasteiger partial charge is 0.258 e. The Kier molecular flexibility index (Phi) is 7.99.